The fourth-order valence-electron chi connectivity index (χ4n) is 2.78. The molecule has 0 saturated heterocycles. The molecule has 0 amide bonds. The molecule has 20 heavy (non-hydrogen) atoms. The molecule has 4 nitrogen and oxygen atoms in total. The van der Waals surface area contributed by atoms with Crippen LogP contribution in [0, 0.1) is 5.92 Å². The van der Waals surface area contributed by atoms with E-state index in [2.05, 4.69) is 22.3 Å². The second-order valence-electron chi connectivity index (χ2n) is 5.60. The molecule has 0 bridgehead atoms. The van der Waals surface area contributed by atoms with E-state index in [-0.39, 0.29) is 0 Å². The zero-order chi connectivity index (χ0) is 13.9. The average Bonchev–Trinajstić information content (AvgIpc) is 2.95. The molecular formula is C15H19ClN4. The van der Waals surface area contributed by atoms with Crippen molar-refractivity contribution in [2.24, 2.45) is 5.92 Å². The Morgan fingerprint density at radius 1 is 1.25 bits per heavy atom. The van der Waals surface area contributed by atoms with Crippen LogP contribution in [0.5, 0.6) is 0 Å². The SMILES string of the molecule is CC1CCC(Nc2cc(Cl)ccc2-n2cncn2)CC1. The van der Waals surface area contributed by atoms with Crippen molar-refractivity contribution >= 4 is 17.3 Å². The summed E-state index contributed by atoms with van der Waals surface area (Å²) in [7, 11) is 0. The Balaban J connectivity index is 1.83. The monoisotopic (exact) mass is 290 g/mol. The quantitative estimate of drug-likeness (QED) is 0.932. The molecule has 1 aliphatic rings. The highest BCUT2D eigenvalue weighted by atomic mass is 35.5. The number of hydrogen-bond donors (Lipinski definition) is 1. The van der Waals surface area contributed by atoms with Gasteiger partial charge in [-0.1, -0.05) is 18.5 Å². The molecule has 1 aliphatic carbocycles. The Morgan fingerprint density at radius 3 is 2.75 bits per heavy atom. The molecule has 106 valence electrons. The minimum atomic E-state index is 0.520. The molecule has 0 aliphatic heterocycles. The smallest absolute Gasteiger partial charge is 0.138 e. The van der Waals surface area contributed by atoms with Crippen LogP contribution in [0.25, 0.3) is 5.69 Å². The number of anilines is 1. The highest BCUT2D eigenvalue weighted by Gasteiger charge is 2.19. The molecule has 1 saturated carbocycles. The number of halogens is 1. The first-order chi connectivity index (χ1) is 9.72. The number of aromatic nitrogens is 3. The molecule has 5 heteroatoms. The van der Waals surface area contributed by atoms with Crippen LogP contribution >= 0.6 is 11.6 Å². The largest absolute Gasteiger partial charge is 0.381 e. The molecule has 0 radical (unpaired) electrons. The molecule has 1 heterocycles. The third-order valence-corrected chi connectivity index (χ3v) is 4.23. The fraction of sp³-hybridized carbons (Fsp3) is 0.467. The van der Waals surface area contributed by atoms with E-state index in [0.29, 0.717) is 6.04 Å². The van der Waals surface area contributed by atoms with Gasteiger partial charge in [-0.2, -0.15) is 5.10 Å². The number of hydrogen-bond acceptors (Lipinski definition) is 3. The molecular weight excluding hydrogens is 272 g/mol. The van der Waals surface area contributed by atoms with E-state index in [4.69, 9.17) is 11.6 Å². The predicted molar refractivity (Wildman–Crippen MR) is 81.4 cm³/mol. The second kappa shape index (κ2) is 5.83. The van der Waals surface area contributed by atoms with Crippen molar-refractivity contribution < 1.29 is 0 Å². The van der Waals surface area contributed by atoms with Gasteiger partial charge in [-0.3, -0.25) is 0 Å². The van der Waals surface area contributed by atoms with Crippen LogP contribution in [-0.2, 0) is 0 Å². The predicted octanol–water partition coefficient (Wildman–Crippen LogP) is 3.91. The van der Waals surface area contributed by atoms with Gasteiger partial charge in [-0.25, -0.2) is 9.67 Å². The highest BCUT2D eigenvalue weighted by molar-refractivity contribution is 6.31. The summed E-state index contributed by atoms with van der Waals surface area (Å²) in [5.41, 5.74) is 2.02. The zero-order valence-electron chi connectivity index (χ0n) is 11.6. The van der Waals surface area contributed by atoms with Crippen molar-refractivity contribution in [2.75, 3.05) is 5.32 Å². The number of benzene rings is 1. The summed E-state index contributed by atoms with van der Waals surface area (Å²) >= 11 is 6.13. The minimum Gasteiger partial charge on any atom is -0.381 e. The van der Waals surface area contributed by atoms with Gasteiger partial charge in [0.05, 0.1) is 11.4 Å². The fourth-order valence-corrected chi connectivity index (χ4v) is 2.95. The van der Waals surface area contributed by atoms with Crippen LogP contribution in [0.3, 0.4) is 0 Å². The average molecular weight is 291 g/mol. The number of nitrogens with one attached hydrogen (secondary N) is 1. The van der Waals surface area contributed by atoms with Crippen LogP contribution < -0.4 is 5.32 Å². The number of nitrogens with zero attached hydrogens (tertiary/aromatic N) is 3. The summed E-state index contributed by atoms with van der Waals surface area (Å²) < 4.78 is 1.77. The Morgan fingerprint density at radius 2 is 2.05 bits per heavy atom. The maximum absolute atomic E-state index is 6.13. The van der Waals surface area contributed by atoms with Gasteiger partial charge in [0.25, 0.3) is 0 Å². The van der Waals surface area contributed by atoms with Crippen LogP contribution in [0.15, 0.2) is 30.9 Å². The molecule has 2 aromatic rings. The van der Waals surface area contributed by atoms with Gasteiger partial charge in [-0.05, 0) is 49.8 Å². The van der Waals surface area contributed by atoms with Gasteiger partial charge in [0.2, 0.25) is 0 Å². The molecule has 1 aromatic carbocycles. The first-order valence-electron chi connectivity index (χ1n) is 7.13. The van der Waals surface area contributed by atoms with Gasteiger partial charge in [0, 0.05) is 11.1 Å². The first kappa shape index (κ1) is 13.4. The van der Waals surface area contributed by atoms with Gasteiger partial charge in [-0.15, -0.1) is 0 Å². The second-order valence-corrected chi connectivity index (χ2v) is 6.04. The maximum Gasteiger partial charge on any atom is 0.138 e. The Labute approximate surface area is 124 Å². The van der Waals surface area contributed by atoms with E-state index >= 15 is 0 Å². The third kappa shape index (κ3) is 2.96. The standard InChI is InChI=1S/C15H19ClN4/c1-11-2-5-13(6-3-11)19-14-8-12(16)4-7-15(14)20-10-17-9-18-20/h4,7-11,13,19H,2-3,5-6H2,1H3. The minimum absolute atomic E-state index is 0.520. The summed E-state index contributed by atoms with van der Waals surface area (Å²) in [6, 6.07) is 6.35. The lowest BCUT2D eigenvalue weighted by Crippen LogP contribution is -2.25. The van der Waals surface area contributed by atoms with E-state index in [1.807, 2.05) is 18.2 Å². The van der Waals surface area contributed by atoms with E-state index < -0.39 is 0 Å². The number of rotatable bonds is 3. The van der Waals surface area contributed by atoms with E-state index in [1.54, 1.807) is 17.3 Å². The van der Waals surface area contributed by atoms with Crippen molar-refractivity contribution in [1.82, 2.24) is 14.8 Å². The Bertz CT molecular complexity index is 559. The van der Waals surface area contributed by atoms with Crippen molar-refractivity contribution in [2.45, 2.75) is 38.6 Å². The van der Waals surface area contributed by atoms with Crippen molar-refractivity contribution in [3.63, 3.8) is 0 Å². The summed E-state index contributed by atoms with van der Waals surface area (Å²) in [6.07, 6.45) is 8.25. The summed E-state index contributed by atoms with van der Waals surface area (Å²) in [6.45, 7) is 2.33. The van der Waals surface area contributed by atoms with Crippen LogP contribution in [0.4, 0.5) is 5.69 Å². The molecule has 1 aromatic heterocycles. The lowest BCUT2D eigenvalue weighted by atomic mass is 9.87. The van der Waals surface area contributed by atoms with Crippen LogP contribution in [0.2, 0.25) is 5.02 Å². The van der Waals surface area contributed by atoms with Crippen molar-refractivity contribution in [3.05, 3.63) is 35.9 Å². The Kier molecular flexibility index (Phi) is 3.92. The Hall–Kier alpha value is -1.55. The lowest BCUT2D eigenvalue weighted by Gasteiger charge is -2.28. The van der Waals surface area contributed by atoms with Crippen molar-refractivity contribution in [3.8, 4) is 5.69 Å². The molecule has 1 N–H and O–H groups in total. The van der Waals surface area contributed by atoms with E-state index in [0.717, 1.165) is 22.3 Å². The van der Waals surface area contributed by atoms with Gasteiger partial charge in [0.1, 0.15) is 12.7 Å². The van der Waals surface area contributed by atoms with Crippen LogP contribution in [-0.4, -0.2) is 20.8 Å². The molecule has 3 rings (SSSR count). The molecule has 1 fully saturated rings. The maximum atomic E-state index is 6.13. The first-order valence-corrected chi connectivity index (χ1v) is 7.51. The normalized spacial score (nSPS) is 22.7. The topological polar surface area (TPSA) is 42.7 Å². The molecule has 0 atom stereocenters. The van der Waals surface area contributed by atoms with Crippen molar-refractivity contribution in [1.29, 1.82) is 0 Å². The van der Waals surface area contributed by atoms with Gasteiger partial charge >= 0.3 is 0 Å². The summed E-state index contributed by atoms with van der Waals surface area (Å²) in [5.74, 6) is 0.849. The highest BCUT2D eigenvalue weighted by Crippen LogP contribution is 2.29. The van der Waals surface area contributed by atoms with Crippen LogP contribution in [0.1, 0.15) is 32.6 Å². The van der Waals surface area contributed by atoms with E-state index in [9.17, 15) is 0 Å². The van der Waals surface area contributed by atoms with Gasteiger partial charge < -0.3 is 5.32 Å². The summed E-state index contributed by atoms with van der Waals surface area (Å²) in [5, 5.41) is 8.57. The molecule has 0 unspecified atom stereocenters. The lowest BCUT2D eigenvalue weighted by molar-refractivity contribution is 0.361. The summed E-state index contributed by atoms with van der Waals surface area (Å²) in [4.78, 5) is 4.01. The van der Waals surface area contributed by atoms with E-state index in [1.165, 1.54) is 25.7 Å². The molecule has 0 spiro atoms. The van der Waals surface area contributed by atoms with Gasteiger partial charge in [0.15, 0.2) is 0 Å². The zero-order valence-corrected chi connectivity index (χ0v) is 12.3. The third-order valence-electron chi connectivity index (χ3n) is 4.00.